The molecule has 0 aliphatic rings. The summed E-state index contributed by atoms with van der Waals surface area (Å²) in [6.45, 7) is 1.06. The standard InChI is InChI=1S/C20H20N6O/c1-26(13-15-12-18(25-27-15)14-7-10-22-11-8-14)20-16-4-2-3-5-17(16)23-19(24-20)6-9-21/h2-5,7-8,10-12H,6,9,13,21H2,1H3. The number of benzene rings is 1. The highest BCUT2D eigenvalue weighted by Crippen LogP contribution is 2.25. The molecule has 0 aliphatic carbocycles. The van der Waals surface area contributed by atoms with Crippen LogP contribution in [0.2, 0.25) is 0 Å². The van der Waals surface area contributed by atoms with Crippen LogP contribution in [0.25, 0.3) is 22.2 Å². The first-order chi connectivity index (χ1) is 13.2. The van der Waals surface area contributed by atoms with E-state index in [1.807, 2.05) is 54.4 Å². The summed E-state index contributed by atoms with van der Waals surface area (Å²) in [7, 11) is 1.98. The van der Waals surface area contributed by atoms with Crippen molar-refractivity contribution in [3.63, 3.8) is 0 Å². The molecular formula is C20H20N6O. The lowest BCUT2D eigenvalue weighted by molar-refractivity contribution is 0.385. The van der Waals surface area contributed by atoms with Crippen LogP contribution in [0.3, 0.4) is 0 Å². The monoisotopic (exact) mass is 360 g/mol. The van der Waals surface area contributed by atoms with Gasteiger partial charge < -0.3 is 15.2 Å². The van der Waals surface area contributed by atoms with Gasteiger partial charge in [0.05, 0.1) is 12.1 Å². The summed E-state index contributed by atoms with van der Waals surface area (Å²) >= 11 is 0. The van der Waals surface area contributed by atoms with Gasteiger partial charge in [-0.3, -0.25) is 4.98 Å². The van der Waals surface area contributed by atoms with Gasteiger partial charge in [-0.1, -0.05) is 17.3 Å². The van der Waals surface area contributed by atoms with Gasteiger partial charge in [0, 0.05) is 42.9 Å². The van der Waals surface area contributed by atoms with Crippen LogP contribution in [0, 0.1) is 0 Å². The Morgan fingerprint density at radius 1 is 1.07 bits per heavy atom. The Bertz CT molecular complexity index is 1050. The van der Waals surface area contributed by atoms with E-state index in [0.29, 0.717) is 19.5 Å². The average molecular weight is 360 g/mol. The van der Waals surface area contributed by atoms with Crippen molar-refractivity contribution in [2.75, 3.05) is 18.5 Å². The molecule has 0 fully saturated rings. The van der Waals surface area contributed by atoms with Crippen molar-refractivity contribution in [3.8, 4) is 11.3 Å². The van der Waals surface area contributed by atoms with Crippen molar-refractivity contribution in [2.24, 2.45) is 5.73 Å². The normalized spacial score (nSPS) is 11.0. The highest BCUT2D eigenvalue weighted by atomic mass is 16.5. The second kappa shape index (κ2) is 7.51. The lowest BCUT2D eigenvalue weighted by atomic mass is 10.2. The Kier molecular flexibility index (Phi) is 4.76. The van der Waals surface area contributed by atoms with E-state index in [2.05, 4.69) is 15.1 Å². The minimum absolute atomic E-state index is 0.513. The molecule has 0 amide bonds. The second-order valence-electron chi connectivity index (χ2n) is 6.29. The summed E-state index contributed by atoms with van der Waals surface area (Å²) in [5.74, 6) is 2.35. The fraction of sp³-hybridized carbons (Fsp3) is 0.200. The molecule has 4 aromatic rings. The number of fused-ring (bicyclic) bond motifs is 1. The van der Waals surface area contributed by atoms with Gasteiger partial charge in [0.2, 0.25) is 0 Å². The molecule has 0 radical (unpaired) electrons. The Morgan fingerprint density at radius 2 is 1.89 bits per heavy atom. The van der Waals surface area contributed by atoms with E-state index in [1.165, 1.54) is 0 Å². The molecule has 0 aliphatic heterocycles. The zero-order valence-corrected chi connectivity index (χ0v) is 15.0. The van der Waals surface area contributed by atoms with Crippen LogP contribution in [-0.4, -0.2) is 33.7 Å². The van der Waals surface area contributed by atoms with E-state index in [4.69, 9.17) is 15.2 Å². The first-order valence-electron chi connectivity index (χ1n) is 8.77. The number of hydrogen-bond donors (Lipinski definition) is 1. The van der Waals surface area contributed by atoms with E-state index in [9.17, 15) is 0 Å². The minimum atomic E-state index is 0.513. The van der Waals surface area contributed by atoms with Crippen molar-refractivity contribution in [3.05, 3.63) is 66.4 Å². The number of pyridine rings is 1. The smallest absolute Gasteiger partial charge is 0.156 e. The molecule has 27 heavy (non-hydrogen) atoms. The van der Waals surface area contributed by atoms with Crippen LogP contribution in [0.1, 0.15) is 11.6 Å². The van der Waals surface area contributed by atoms with E-state index in [1.54, 1.807) is 12.4 Å². The van der Waals surface area contributed by atoms with Gasteiger partial charge in [0.25, 0.3) is 0 Å². The highest BCUT2D eigenvalue weighted by molar-refractivity contribution is 5.89. The molecule has 1 aromatic carbocycles. The van der Waals surface area contributed by atoms with Crippen molar-refractivity contribution >= 4 is 16.7 Å². The number of nitrogens with two attached hydrogens (primary N) is 1. The van der Waals surface area contributed by atoms with E-state index in [-0.39, 0.29) is 0 Å². The predicted molar refractivity (Wildman–Crippen MR) is 104 cm³/mol. The molecule has 136 valence electrons. The van der Waals surface area contributed by atoms with Gasteiger partial charge in [-0.25, -0.2) is 9.97 Å². The first kappa shape index (κ1) is 17.1. The number of rotatable bonds is 6. The topological polar surface area (TPSA) is 94.0 Å². The quantitative estimate of drug-likeness (QED) is 0.565. The highest BCUT2D eigenvalue weighted by Gasteiger charge is 2.14. The molecule has 0 spiro atoms. The number of nitrogens with zero attached hydrogens (tertiary/aromatic N) is 5. The molecule has 0 unspecified atom stereocenters. The molecule has 0 saturated heterocycles. The van der Waals surface area contributed by atoms with Gasteiger partial charge in [-0.15, -0.1) is 0 Å². The Morgan fingerprint density at radius 3 is 2.70 bits per heavy atom. The molecule has 7 nitrogen and oxygen atoms in total. The summed E-state index contributed by atoms with van der Waals surface area (Å²) in [6.07, 6.45) is 4.11. The largest absolute Gasteiger partial charge is 0.359 e. The van der Waals surface area contributed by atoms with Crippen LogP contribution < -0.4 is 10.6 Å². The molecule has 7 heteroatoms. The van der Waals surface area contributed by atoms with E-state index < -0.39 is 0 Å². The van der Waals surface area contributed by atoms with E-state index in [0.717, 1.165) is 39.6 Å². The van der Waals surface area contributed by atoms with Crippen molar-refractivity contribution in [1.29, 1.82) is 0 Å². The van der Waals surface area contributed by atoms with Gasteiger partial charge in [-0.2, -0.15) is 0 Å². The SMILES string of the molecule is CN(Cc1cc(-c2ccncc2)no1)c1nc(CCN)nc2ccccc12. The lowest BCUT2D eigenvalue weighted by Crippen LogP contribution is -2.19. The molecule has 3 aromatic heterocycles. The van der Waals surface area contributed by atoms with Crippen LogP contribution >= 0.6 is 0 Å². The summed E-state index contributed by atoms with van der Waals surface area (Å²) < 4.78 is 5.53. The summed E-state index contributed by atoms with van der Waals surface area (Å²) in [5.41, 5.74) is 8.36. The summed E-state index contributed by atoms with van der Waals surface area (Å²) in [4.78, 5) is 15.4. The zero-order valence-electron chi connectivity index (χ0n) is 15.0. The molecule has 2 N–H and O–H groups in total. The molecule has 0 bridgehead atoms. The second-order valence-corrected chi connectivity index (χ2v) is 6.29. The lowest BCUT2D eigenvalue weighted by Gasteiger charge is -2.19. The third kappa shape index (κ3) is 3.63. The maximum absolute atomic E-state index is 5.69. The van der Waals surface area contributed by atoms with Gasteiger partial charge in [0.1, 0.15) is 17.3 Å². The molecule has 0 saturated carbocycles. The Balaban J connectivity index is 1.63. The Hall–Kier alpha value is -3.32. The van der Waals surface area contributed by atoms with E-state index >= 15 is 0 Å². The fourth-order valence-electron chi connectivity index (χ4n) is 2.99. The summed E-state index contributed by atoms with van der Waals surface area (Å²) in [6, 6.07) is 13.7. The number of aromatic nitrogens is 4. The Labute approximate surface area is 156 Å². The van der Waals surface area contributed by atoms with Crippen molar-refractivity contribution < 1.29 is 4.52 Å². The third-order valence-corrected chi connectivity index (χ3v) is 4.29. The van der Waals surface area contributed by atoms with Crippen LogP contribution in [0.4, 0.5) is 5.82 Å². The summed E-state index contributed by atoms with van der Waals surface area (Å²) in [5, 5.41) is 5.16. The van der Waals surface area contributed by atoms with Crippen molar-refractivity contribution in [2.45, 2.75) is 13.0 Å². The fourth-order valence-corrected chi connectivity index (χ4v) is 2.99. The van der Waals surface area contributed by atoms with Crippen molar-refractivity contribution in [1.82, 2.24) is 20.1 Å². The predicted octanol–water partition coefficient (Wildman–Crippen LogP) is 2.82. The van der Waals surface area contributed by atoms with Crippen LogP contribution in [0.5, 0.6) is 0 Å². The van der Waals surface area contributed by atoms with Gasteiger partial charge in [0.15, 0.2) is 5.76 Å². The van der Waals surface area contributed by atoms with Crippen LogP contribution in [0.15, 0.2) is 59.4 Å². The van der Waals surface area contributed by atoms with Crippen LogP contribution in [-0.2, 0) is 13.0 Å². The zero-order chi connectivity index (χ0) is 18.6. The first-order valence-corrected chi connectivity index (χ1v) is 8.77. The minimum Gasteiger partial charge on any atom is -0.359 e. The molecular weight excluding hydrogens is 340 g/mol. The number of anilines is 1. The third-order valence-electron chi connectivity index (χ3n) is 4.29. The number of para-hydroxylation sites is 1. The molecule has 4 rings (SSSR count). The maximum Gasteiger partial charge on any atom is 0.156 e. The average Bonchev–Trinajstić information content (AvgIpc) is 3.17. The maximum atomic E-state index is 5.69. The molecule has 3 heterocycles. The number of hydrogen-bond acceptors (Lipinski definition) is 7. The van der Waals surface area contributed by atoms with Gasteiger partial charge in [-0.05, 0) is 30.8 Å². The van der Waals surface area contributed by atoms with Gasteiger partial charge >= 0.3 is 0 Å². The molecule has 0 atom stereocenters.